The predicted octanol–water partition coefficient (Wildman–Crippen LogP) is 4.10. The van der Waals surface area contributed by atoms with Crippen LogP contribution in [0.25, 0.3) is 0 Å². The van der Waals surface area contributed by atoms with Crippen LogP contribution < -0.4 is 4.74 Å². The summed E-state index contributed by atoms with van der Waals surface area (Å²) in [4.78, 5) is 27.2. The lowest BCUT2D eigenvalue weighted by molar-refractivity contribution is -0.140. The fourth-order valence-corrected chi connectivity index (χ4v) is 4.49. The van der Waals surface area contributed by atoms with E-state index in [0.717, 1.165) is 24.0 Å². The normalized spacial score (nSPS) is 20.5. The van der Waals surface area contributed by atoms with Crippen molar-refractivity contribution >= 4 is 23.4 Å². The molecular weight excluding hydrogens is 406 g/mol. The Balaban J connectivity index is 1.98. The van der Waals surface area contributed by atoms with Crippen molar-refractivity contribution in [3.63, 3.8) is 0 Å². The van der Waals surface area contributed by atoms with Gasteiger partial charge in [-0.05, 0) is 48.9 Å². The number of carbonyl (C=O) groups is 2. The molecule has 2 aliphatic rings. The van der Waals surface area contributed by atoms with E-state index < -0.39 is 5.97 Å². The fourth-order valence-electron chi connectivity index (χ4n) is 4.26. The second-order valence-corrected chi connectivity index (χ2v) is 8.57. The van der Waals surface area contributed by atoms with Gasteiger partial charge in [-0.1, -0.05) is 25.4 Å². The van der Waals surface area contributed by atoms with Crippen LogP contribution in [0, 0.1) is 5.92 Å². The maximum atomic E-state index is 12.8. The Morgan fingerprint density at radius 1 is 1.27 bits per heavy atom. The maximum Gasteiger partial charge on any atom is 0.343 e. The van der Waals surface area contributed by atoms with Gasteiger partial charge in [-0.15, -0.1) is 0 Å². The van der Waals surface area contributed by atoms with E-state index in [2.05, 4.69) is 18.7 Å². The molecule has 0 bridgehead atoms. The number of esters is 1. The molecule has 1 aromatic rings. The van der Waals surface area contributed by atoms with E-state index in [4.69, 9.17) is 25.8 Å². The molecule has 0 aromatic heterocycles. The van der Waals surface area contributed by atoms with E-state index in [-0.39, 0.29) is 36.5 Å². The van der Waals surface area contributed by atoms with E-state index in [1.807, 2.05) is 12.1 Å². The standard InChI is InChI=1S/C23H30ClNO5/c1-5-29-23(27)18-13-25-16(8-14(2)3)9-15-10-22(30-7-6-28-4)19(24)11-17(15)20(25)12-21(18)26/h10-11,13-14,16,20H,5-9,12H2,1-4H3. The number of methoxy groups -OCH3 is 1. The molecule has 7 heteroatoms. The van der Waals surface area contributed by atoms with Gasteiger partial charge in [-0.25, -0.2) is 4.79 Å². The second kappa shape index (κ2) is 9.84. The molecule has 0 fully saturated rings. The van der Waals surface area contributed by atoms with Gasteiger partial charge >= 0.3 is 5.97 Å². The minimum atomic E-state index is -0.546. The number of hydrogen-bond acceptors (Lipinski definition) is 6. The SMILES string of the molecule is CCOC(=O)C1=CN2C(CC(C)C)Cc3cc(OCCOC)c(Cl)cc3C2CC1=O. The first-order valence-electron chi connectivity index (χ1n) is 10.5. The average Bonchev–Trinajstić information content (AvgIpc) is 2.68. The smallest absolute Gasteiger partial charge is 0.343 e. The number of ether oxygens (including phenoxy) is 3. The van der Waals surface area contributed by atoms with Gasteiger partial charge in [0.1, 0.15) is 17.9 Å². The summed E-state index contributed by atoms with van der Waals surface area (Å²) in [6.45, 7) is 7.24. The number of fused-ring (bicyclic) bond motifs is 3. The molecule has 0 aliphatic carbocycles. The third-order valence-corrected chi connectivity index (χ3v) is 5.83. The molecule has 0 spiro atoms. The molecule has 1 aromatic carbocycles. The molecule has 2 aliphatic heterocycles. The molecule has 2 heterocycles. The Hall–Kier alpha value is -2.05. The van der Waals surface area contributed by atoms with Crippen molar-refractivity contribution in [2.24, 2.45) is 5.92 Å². The lowest BCUT2D eigenvalue weighted by atomic mass is 9.81. The van der Waals surface area contributed by atoms with Gasteiger partial charge in [0.2, 0.25) is 0 Å². The summed E-state index contributed by atoms with van der Waals surface area (Å²) in [5, 5.41) is 0.514. The molecule has 2 atom stereocenters. The number of ketones is 1. The van der Waals surface area contributed by atoms with Crippen molar-refractivity contribution in [1.82, 2.24) is 4.90 Å². The van der Waals surface area contributed by atoms with Gasteiger partial charge < -0.3 is 19.1 Å². The lowest BCUT2D eigenvalue weighted by Gasteiger charge is -2.45. The van der Waals surface area contributed by atoms with Crippen LogP contribution in [-0.2, 0) is 25.5 Å². The molecule has 0 saturated carbocycles. The summed E-state index contributed by atoms with van der Waals surface area (Å²) in [6.07, 6.45) is 3.68. The van der Waals surface area contributed by atoms with Gasteiger partial charge in [0.05, 0.1) is 24.3 Å². The molecule has 0 radical (unpaired) electrons. The first-order valence-corrected chi connectivity index (χ1v) is 10.9. The van der Waals surface area contributed by atoms with Gasteiger partial charge in [-0.2, -0.15) is 0 Å². The summed E-state index contributed by atoms with van der Waals surface area (Å²) in [7, 11) is 1.63. The number of hydrogen-bond donors (Lipinski definition) is 0. The summed E-state index contributed by atoms with van der Waals surface area (Å²) >= 11 is 6.49. The highest BCUT2D eigenvalue weighted by Gasteiger charge is 2.40. The van der Waals surface area contributed by atoms with E-state index in [9.17, 15) is 9.59 Å². The third-order valence-electron chi connectivity index (χ3n) is 5.53. The molecule has 0 N–H and O–H groups in total. The van der Waals surface area contributed by atoms with Gasteiger partial charge in [0.15, 0.2) is 5.78 Å². The Bertz CT molecular complexity index is 835. The highest BCUT2D eigenvalue weighted by atomic mass is 35.5. The highest BCUT2D eigenvalue weighted by Crippen LogP contribution is 2.44. The monoisotopic (exact) mass is 435 g/mol. The van der Waals surface area contributed by atoms with Crippen molar-refractivity contribution in [3.8, 4) is 5.75 Å². The molecule has 2 unspecified atom stereocenters. The van der Waals surface area contributed by atoms with Crippen LogP contribution in [0.1, 0.15) is 50.8 Å². The van der Waals surface area contributed by atoms with E-state index in [0.29, 0.717) is 29.9 Å². The van der Waals surface area contributed by atoms with Crippen LogP contribution in [-0.4, -0.2) is 49.6 Å². The van der Waals surface area contributed by atoms with Crippen molar-refractivity contribution in [3.05, 3.63) is 40.1 Å². The van der Waals surface area contributed by atoms with E-state index >= 15 is 0 Å². The predicted molar refractivity (Wildman–Crippen MR) is 115 cm³/mol. The minimum absolute atomic E-state index is 0.135. The lowest BCUT2D eigenvalue weighted by Crippen LogP contribution is -2.45. The molecule has 164 valence electrons. The van der Waals surface area contributed by atoms with Crippen molar-refractivity contribution in [2.75, 3.05) is 26.9 Å². The number of nitrogens with zero attached hydrogens (tertiary/aromatic N) is 1. The molecule has 3 rings (SSSR count). The Kier molecular flexibility index (Phi) is 7.42. The Morgan fingerprint density at radius 3 is 2.70 bits per heavy atom. The van der Waals surface area contributed by atoms with Crippen LogP contribution in [0.4, 0.5) is 0 Å². The maximum absolute atomic E-state index is 12.8. The number of carbonyl (C=O) groups excluding carboxylic acids is 2. The van der Waals surface area contributed by atoms with Crippen LogP contribution in [0.2, 0.25) is 5.02 Å². The quantitative estimate of drug-likeness (QED) is 0.348. The number of halogens is 1. The zero-order valence-corrected chi connectivity index (χ0v) is 18.8. The second-order valence-electron chi connectivity index (χ2n) is 8.16. The summed E-state index contributed by atoms with van der Waals surface area (Å²) < 4.78 is 15.9. The molecule has 6 nitrogen and oxygen atoms in total. The number of benzene rings is 1. The summed E-state index contributed by atoms with van der Waals surface area (Å²) in [5.41, 5.74) is 2.29. The van der Waals surface area contributed by atoms with Crippen LogP contribution in [0.5, 0.6) is 5.75 Å². The largest absolute Gasteiger partial charge is 0.490 e. The summed E-state index contributed by atoms with van der Waals surface area (Å²) in [5.74, 6) is 0.366. The molecule has 30 heavy (non-hydrogen) atoms. The van der Waals surface area contributed by atoms with Crippen molar-refractivity contribution in [1.29, 1.82) is 0 Å². The minimum Gasteiger partial charge on any atom is -0.490 e. The van der Waals surface area contributed by atoms with Crippen LogP contribution in [0.3, 0.4) is 0 Å². The van der Waals surface area contributed by atoms with Crippen LogP contribution in [0.15, 0.2) is 23.9 Å². The van der Waals surface area contributed by atoms with Crippen molar-refractivity contribution < 1.29 is 23.8 Å². The zero-order chi connectivity index (χ0) is 21.8. The van der Waals surface area contributed by atoms with Gasteiger partial charge in [0, 0.05) is 25.8 Å². The molecular formula is C23H30ClNO5. The van der Waals surface area contributed by atoms with Crippen LogP contribution >= 0.6 is 11.6 Å². The van der Waals surface area contributed by atoms with E-state index in [1.165, 1.54) is 0 Å². The topological polar surface area (TPSA) is 65.1 Å². The molecule has 0 amide bonds. The fraction of sp³-hybridized carbons (Fsp3) is 0.565. The highest BCUT2D eigenvalue weighted by molar-refractivity contribution is 6.32. The third kappa shape index (κ3) is 4.81. The summed E-state index contributed by atoms with van der Waals surface area (Å²) in [6, 6.07) is 3.92. The van der Waals surface area contributed by atoms with Gasteiger partial charge in [0.25, 0.3) is 0 Å². The first kappa shape index (κ1) is 22.6. The average molecular weight is 436 g/mol. The molecule has 0 saturated heterocycles. The first-order chi connectivity index (χ1) is 14.3. The Morgan fingerprint density at radius 2 is 2.03 bits per heavy atom. The van der Waals surface area contributed by atoms with Gasteiger partial charge in [-0.3, -0.25) is 4.79 Å². The Labute approximate surface area is 183 Å². The number of rotatable bonds is 8. The zero-order valence-electron chi connectivity index (χ0n) is 18.1. The van der Waals surface area contributed by atoms with Crippen molar-refractivity contribution in [2.45, 2.75) is 52.1 Å². The number of Topliss-reactive ketones (excluding diaryl/α,β-unsaturated/α-hetero) is 1. The van der Waals surface area contributed by atoms with E-state index in [1.54, 1.807) is 20.2 Å².